The average molecular weight is 436 g/mol. The number of methoxy groups -OCH3 is 1. The molecule has 1 N–H and O–H groups in total. The first-order valence-electron chi connectivity index (χ1n) is 11.0. The number of benzene rings is 2. The molecule has 0 aliphatic carbocycles. The van der Waals surface area contributed by atoms with Crippen molar-refractivity contribution in [3.63, 3.8) is 0 Å². The Balaban J connectivity index is 1.80. The van der Waals surface area contributed by atoms with Crippen LogP contribution in [0.4, 0.5) is 5.95 Å². The molecule has 2 heterocycles. The molecule has 0 amide bonds. The molecule has 0 saturated carbocycles. The Morgan fingerprint density at radius 1 is 1.12 bits per heavy atom. The fraction of sp³-hybridized carbons (Fsp3) is 0.360. The number of nitrogens with zero attached hydrogens (tertiary/aromatic N) is 2. The molecular weight excluding hydrogens is 406 g/mol. The molecule has 0 bridgehead atoms. The van der Waals surface area contributed by atoms with Crippen molar-refractivity contribution < 1.29 is 19.0 Å². The lowest BCUT2D eigenvalue weighted by Crippen LogP contribution is -2.29. The van der Waals surface area contributed by atoms with Crippen LogP contribution in [-0.2, 0) is 14.3 Å². The van der Waals surface area contributed by atoms with Crippen LogP contribution in [0.2, 0.25) is 0 Å². The molecule has 1 aromatic heterocycles. The van der Waals surface area contributed by atoms with E-state index in [0.717, 1.165) is 40.9 Å². The Hall–Kier alpha value is -3.32. The van der Waals surface area contributed by atoms with Crippen LogP contribution in [0, 0.1) is 0 Å². The Morgan fingerprint density at radius 3 is 2.78 bits per heavy atom. The van der Waals surface area contributed by atoms with Crippen molar-refractivity contribution in [1.29, 1.82) is 0 Å². The van der Waals surface area contributed by atoms with E-state index in [9.17, 15) is 4.79 Å². The molecule has 168 valence electrons. The second-order valence-corrected chi connectivity index (χ2v) is 7.76. The summed E-state index contributed by atoms with van der Waals surface area (Å²) in [6, 6.07) is 15.4. The number of unbranched alkanes of at least 4 members (excludes halogenated alkanes) is 1. The van der Waals surface area contributed by atoms with Crippen LogP contribution in [0.25, 0.3) is 11.0 Å². The number of carbonyl (C=O) groups is 1. The van der Waals surface area contributed by atoms with Crippen LogP contribution in [0.15, 0.2) is 59.8 Å². The van der Waals surface area contributed by atoms with Crippen molar-refractivity contribution in [2.75, 3.05) is 32.2 Å². The Bertz CT molecular complexity index is 1140. The summed E-state index contributed by atoms with van der Waals surface area (Å²) in [5, 5.41) is 3.30. The largest absolute Gasteiger partial charge is 0.494 e. The number of aromatic nitrogens is 2. The van der Waals surface area contributed by atoms with E-state index < -0.39 is 6.04 Å². The monoisotopic (exact) mass is 435 g/mol. The molecule has 1 aliphatic heterocycles. The number of hydrogen-bond acceptors (Lipinski definition) is 6. The predicted molar refractivity (Wildman–Crippen MR) is 124 cm³/mol. The van der Waals surface area contributed by atoms with Crippen LogP contribution < -0.4 is 10.1 Å². The normalized spacial score (nSPS) is 15.4. The van der Waals surface area contributed by atoms with E-state index in [4.69, 9.17) is 19.2 Å². The number of carbonyl (C=O) groups excluding carboxylic acids is 1. The third kappa shape index (κ3) is 4.34. The molecule has 1 atom stereocenters. The second-order valence-electron chi connectivity index (χ2n) is 7.76. The van der Waals surface area contributed by atoms with Gasteiger partial charge in [0.2, 0.25) is 5.95 Å². The summed E-state index contributed by atoms with van der Waals surface area (Å²) in [6.45, 7) is 5.21. The van der Waals surface area contributed by atoms with Gasteiger partial charge in [0.05, 0.1) is 35.9 Å². The topological polar surface area (TPSA) is 74.6 Å². The standard InChI is InChI=1S/C25H29N3O4/c1-4-5-13-31-19-10-8-9-18(16-19)23-22(24(29)32-15-14-30-3)17(2)26-25-27-20-11-6-7-12-21(20)28(23)25/h6-12,16,23H,4-5,13-15H2,1-3H3,(H,26,27)/t23-/m0/s1. The van der Waals surface area contributed by atoms with Gasteiger partial charge in [0.15, 0.2) is 0 Å². The van der Waals surface area contributed by atoms with Gasteiger partial charge in [0.1, 0.15) is 12.4 Å². The maximum Gasteiger partial charge on any atom is 0.338 e. The zero-order valence-electron chi connectivity index (χ0n) is 18.8. The fourth-order valence-electron chi connectivity index (χ4n) is 3.95. The summed E-state index contributed by atoms with van der Waals surface area (Å²) < 4.78 is 18.6. The number of esters is 1. The van der Waals surface area contributed by atoms with E-state index in [1.165, 1.54) is 0 Å². The molecule has 2 aromatic carbocycles. The van der Waals surface area contributed by atoms with Crippen molar-refractivity contribution in [3.05, 3.63) is 65.4 Å². The van der Waals surface area contributed by atoms with E-state index in [1.807, 2.05) is 55.5 Å². The third-order valence-corrected chi connectivity index (χ3v) is 5.51. The highest BCUT2D eigenvalue weighted by Gasteiger charge is 2.35. The highest BCUT2D eigenvalue weighted by Crippen LogP contribution is 2.40. The SMILES string of the molecule is CCCCOc1cccc([C@H]2C(C(=O)OCCOC)=C(C)Nc3nc4ccccc4n32)c1. The maximum atomic E-state index is 13.2. The van der Waals surface area contributed by atoms with Crippen LogP contribution in [0.3, 0.4) is 0 Å². The van der Waals surface area contributed by atoms with Crippen molar-refractivity contribution in [3.8, 4) is 5.75 Å². The van der Waals surface area contributed by atoms with Crippen molar-refractivity contribution >= 4 is 23.0 Å². The molecule has 0 fully saturated rings. The minimum absolute atomic E-state index is 0.191. The summed E-state index contributed by atoms with van der Waals surface area (Å²) in [5.74, 6) is 1.10. The summed E-state index contributed by atoms with van der Waals surface area (Å²) >= 11 is 0. The van der Waals surface area contributed by atoms with Gasteiger partial charge in [0, 0.05) is 12.8 Å². The Labute approximate surface area is 188 Å². The van der Waals surface area contributed by atoms with Gasteiger partial charge in [0.25, 0.3) is 0 Å². The smallest absolute Gasteiger partial charge is 0.338 e. The first-order valence-corrected chi connectivity index (χ1v) is 11.0. The minimum atomic E-state index is -0.400. The molecule has 3 aromatic rings. The number of imidazole rings is 1. The lowest BCUT2D eigenvalue weighted by molar-refractivity contribution is -0.140. The number of anilines is 1. The Kier molecular flexibility index (Phi) is 6.75. The molecule has 7 heteroatoms. The van der Waals surface area contributed by atoms with E-state index in [-0.39, 0.29) is 12.6 Å². The molecule has 0 radical (unpaired) electrons. The van der Waals surface area contributed by atoms with Crippen molar-refractivity contribution in [2.45, 2.75) is 32.7 Å². The van der Waals surface area contributed by atoms with Crippen molar-refractivity contribution in [2.24, 2.45) is 0 Å². The fourth-order valence-corrected chi connectivity index (χ4v) is 3.95. The van der Waals surface area contributed by atoms with Gasteiger partial charge in [-0.25, -0.2) is 9.78 Å². The average Bonchev–Trinajstić information content (AvgIpc) is 3.16. The number of ether oxygens (including phenoxy) is 3. The van der Waals surface area contributed by atoms with Gasteiger partial charge in [-0.1, -0.05) is 37.6 Å². The van der Waals surface area contributed by atoms with Gasteiger partial charge in [-0.3, -0.25) is 4.57 Å². The van der Waals surface area contributed by atoms with Crippen LogP contribution >= 0.6 is 0 Å². The summed E-state index contributed by atoms with van der Waals surface area (Å²) in [7, 11) is 1.58. The zero-order valence-corrected chi connectivity index (χ0v) is 18.8. The number of hydrogen-bond donors (Lipinski definition) is 1. The lowest BCUT2D eigenvalue weighted by atomic mass is 9.95. The predicted octanol–water partition coefficient (Wildman–Crippen LogP) is 4.69. The van der Waals surface area contributed by atoms with E-state index in [1.54, 1.807) is 7.11 Å². The molecule has 32 heavy (non-hydrogen) atoms. The molecule has 4 rings (SSSR count). The molecule has 0 unspecified atom stereocenters. The number of allylic oxidation sites excluding steroid dienone is 1. The molecule has 0 spiro atoms. The van der Waals surface area contributed by atoms with E-state index in [0.29, 0.717) is 24.7 Å². The minimum Gasteiger partial charge on any atom is -0.494 e. The zero-order chi connectivity index (χ0) is 22.5. The quantitative estimate of drug-likeness (QED) is 0.388. The van der Waals surface area contributed by atoms with E-state index >= 15 is 0 Å². The second kappa shape index (κ2) is 9.87. The van der Waals surface area contributed by atoms with Gasteiger partial charge in [-0.2, -0.15) is 0 Å². The highest BCUT2D eigenvalue weighted by molar-refractivity contribution is 5.94. The van der Waals surface area contributed by atoms with Gasteiger partial charge >= 0.3 is 5.97 Å². The summed E-state index contributed by atoms with van der Waals surface area (Å²) in [6.07, 6.45) is 2.06. The summed E-state index contributed by atoms with van der Waals surface area (Å²) in [4.78, 5) is 17.9. The van der Waals surface area contributed by atoms with Gasteiger partial charge in [-0.15, -0.1) is 0 Å². The number of rotatable bonds is 9. The number of para-hydroxylation sites is 2. The molecule has 0 saturated heterocycles. The molecule has 7 nitrogen and oxygen atoms in total. The third-order valence-electron chi connectivity index (χ3n) is 5.51. The molecular formula is C25H29N3O4. The lowest BCUT2D eigenvalue weighted by Gasteiger charge is -2.30. The number of fused-ring (bicyclic) bond motifs is 3. The molecule has 1 aliphatic rings. The summed E-state index contributed by atoms with van der Waals surface area (Å²) in [5.41, 5.74) is 3.99. The van der Waals surface area contributed by atoms with Crippen LogP contribution in [0.1, 0.15) is 38.3 Å². The highest BCUT2D eigenvalue weighted by atomic mass is 16.6. The first kappa shape index (κ1) is 21.9. The first-order chi connectivity index (χ1) is 15.6. The van der Waals surface area contributed by atoms with Crippen LogP contribution in [-0.4, -0.2) is 42.5 Å². The van der Waals surface area contributed by atoms with Crippen molar-refractivity contribution in [1.82, 2.24) is 9.55 Å². The maximum absolute atomic E-state index is 13.2. The van der Waals surface area contributed by atoms with E-state index in [2.05, 4.69) is 16.8 Å². The van der Waals surface area contributed by atoms with Gasteiger partial charge < -0.3 is 19.5 Å². The van der Waals surface area contributed by atoms with Gasteiger partial charge in [-0.05, 0) is 43.2 Å². The Morgan fingerprint density at radius 2 is 1.97 bits per heavy atom. The van der Waals surface area contributed by atoms with Crippen LogP contribution in [0.5, 0.6) is 5.75 Å². The number of nitrogens with one attached hydrogen (secondary N) is 1.